The molecule has 0 saturated carbocycles. The molecule has 0 bridgehead atoms. The van der Waals surface area contributed by atoms with Gasteiger partial charge in [-0.1, -0.05) is 12.1 Å². The van der Waals surface area contributed by atoms with E-state index in [9.17, 15) is 22.0 Å². The molecule has 2 rings (SSSR count). The van der Waals surface area contributed by atoms with Gasteiger partial charge in [0.25, 0.3) is 0 Å². The lowest BCUT2D eigenvalue weighted by atomic mass is 10.1. The first-order valence-electron chi connectivity index (χ1n) is 6.07. The van der Waals surface area contributed by atoms with E-state index >= 15 is 0 Å². The van der Waals surface area contributed by atoms with Crippen LogP contribution in [0.2, 0.25) is 0 Å². The minimum atomic E-state index is -3.90. The highest BCUT2D eigenvalue weighted by Gasteiger charge is 2.22. The number of halogens is 2. The Kier molecular flexibility index (Phi) is 4.18. The van der Waals surface area contributed by atoms with Crippen LogP contribution < -0.4 is 0 Å². The molecular weight excluding hydrogens is 298 g/mol. The number of carbonyl (C=O) groups is 1. The molecule has 0 unspecified atom stereocenters. The van der Waals surface area contributed by atoms with Gasteiger partial charge < -0.3 is 0 Å². The minimum Gasteiger partial charge on any atom is -0.293 e. The predicted octanol–water partition coefficient (Wildman–Crippen LogP) is 2.93. The molecule has 0 aliphatic rings. The Hall–Kier alpha value is -2.08. The van der Waals surface area contributed by atoms with Gasteiger partial charge in [0.1, 0.15) is 17.4 Å². The minimum absolute atomic E-state index is 0.0207. The molecule has 0 saturated heterocycles. The zero-order chi connectivity index (χ0) is 15.6. The summed E-state index contributed by atoms with van der Waals surface area (Å²) in [7, 11) is -3.90. The van der Waals surface area contributed by atoms with E-state index < -0.39 is 38.6 Å². The summed E-state index contributed by atoms with van der Waals surface area (Å²) < 4.78 is 50.8. The molecule has 6 heteroatoms. The van der Waals surface area contributed by atoms with Crippen molar-refractivity contribution in [3.63, 3.8) is 0 Å². The average Bonchev–Trinajstić information content (AvgIpc) is 2.41. The molecule has 2 aromatic rings. The fourth-order valence-corrected chi connectivity index (χ4v) is 3.17. The molecule has 2 aromatic carbocycles. The number of hydrogen-bond acceptors (Lipinski definition) is 3. The van der Waals surface area contributed by atoms with Gasteiger partial charge in [0.15, 0.2) is 15.6 Å². The topological polar surface area (TPSA) is 51.2 Å². The third kappa shape index (κ3) is 3.52. The quantitative estimate of drug-likeness (QED) is 0.816. The summed E-state index contributed by atoms with van der Waals surface area (Å²) in [5.74, 6) is -3.63. The third-order valence-electron chi connectivity index (χ3n) is 2.90. The SMILES string of the molecule is Cc1cccc(S(=O)(=O)CC(=O)c2cc(F)ccc2F)c1. The van der Waals surface area contributed by atoms with Gasteiger partial charge >= 0.3 is 0 Å². The molecule has 0 fully saturated rings. The smallest absolute Gasteiger partial charge is 0.185 e. The van der Waals surface area contributed by atoms with Crippen LogP contribution in [0.3, 0.4) is 0 Å². The highest BCUT2D eigenvalue weighted by Crippen LogP contribution is 2.16. The fraction of sp³-hybridized carbons (Fsp3) is 0.133. The van der Waals surface area contributed by atoms with Gasteiger partial charge in [-0.05, 0) is 42.8 Å². The highest BCUT2D eigenvalue weighted by molar-refractivity contribution is 7.92. The van der Waals surface area contributed by atoms with Crippen LogP contribution in [0.1, 0.15) is 15.9 Å². The summed E-state index contributed by atoms with van der Waals surface area (Å²) in [5.41, 5.74) is 0.159. The molecule has 0 amide bonds. The Morgan fingerprint density at radius 3 is 2.48 bits per heavy atom. The van der Waals surface area contributed by atoms with Gasteiger partial charge in [-0.15, -0.1) is 0 Å². The fourth-order valence-electron chi connectivity index (χ4n) is 1.85. The lowest BCUT2D eigenvalue weighted by Gasteiger charge is -2.06. The summed E-state index contributed by atoms with van der Waals surface area (Å²) >= 11 is 0. The Morgan fingerprint density at radius 1 is 1.10 bits per heavy atom. The van der Waals surface area contributed by atoms with Crippen molar-refractivity contribution >= 4 is 15.6 Å². The number of aryl methyl sites for hydroxylation is 1. The molecule has 0 radical (unpaired) electrons. The van der Waals surface area contributed by atoms with Crippen LogP contribution in [0.25, 0.3) is 0 Å². The molecule has 0 spiro atoms. The van der Waals surface area contributed by atoms with Gasteiger partial charge in [-0.2, -0.15) is 0 Å². The summed E-state index contributed by atoms with van der Waals surface area (Å²) in [6, 6.07) is 8.40. The van der Waals surface area contributed by atoms with Crippen LogP contribution in [0.5, 0.6) is 0 Å². The Bertz CT molecular complexity index is 798. The van der Waals surface area contributed by atoms with Gasteiger partial charge in [-0.25, -0.2) is 17.2 Å². The number of rotatable bonds is 4. The normalized spacial score (nSPS) is 11.4. The van der Waals surface area contributed by atoms with Crippen molar-refractivity contribution in [2.75, 3.05) is 5.75 Å². The summed E-state index contributed by atoms with van der Waals surface area (Å²) in [6.07, 6.45) is 0. The molecule has 0 N–H and O–H groups in total. The van der Waals surface area contributed by atoms with E-state index in [-0.39, 0.29) is 4.90 Å². The van der Waals surface area contributed by atoms with Crippen molar-refractivity contribution in [1.29, 1.82) is 0 Å². The number of hydrogen-bond donors (Lipinski definition) is 0. The van der Waals surface area contributed by atoms with Crippen LogP contribution >= 0.6 is 0 Å². The zero-order valence-corrected chi connectivity index (χ0v) is 12.0. The molecule has 0 heterocycles. The molecule has 110 valence electrons. The first kappa shape index (κ1) is 15.3. The monoisotopic (exact) mass is 310 g/mol. The van der Waals surface area contributed by atoms with Gasteiger partial charge in [0.05, 0.1) is 10.5 Å². The second-order valence-electron chi connectivity index (χ2n) is 4.62. The number of carbonyl (C=O) groups excluding carboxylic acids is 1. The Labute approximate surface area is 121 Å². The first-order valence-corrected chi connectivity index (χ1v) is 7.72. The summed E-state index contributed by atoms with van der Waals surface area (Å²) in [6.45, 7) is 1.72. The van der Waals surface area contributed by atoms with E-state index in [2.05, 4.69) is 0 Å². The zero-order valence-electron chi connectivity index (χ0n) is 11.1. The lowest BCUT2D eigenvalue weighted by Crippen LogP contribution is -2.18. The third-order valence-corrected chi connectivity index (χ3v) is 4.51. The Morgan fingerprint density at radius 2 is 1.81 bits per heavy atom. The molecular formula is C15H12F2O3S. The maximum absolute atomic E-state index is 13.5. The standard InChI is InChI=1S/C15H12F2O3S/c1-10-3-2-4-12(7-10)21(19,20)9-15(18)13-8-11(16)5-6-14(13)17/h2-8H,9H2,1H3. The van der Waals surface area contributed by atoms with Crippen molar-refractivity contribution in [3.8, 4) is 0 Å². The second kappa shape index (κ2) is 5.73. The molecule has 0 aromatic heterocycles. The lowest BCUT2D eigenvalue weighted by molar-refractivity contribution is 0.101. The molecule has 21 heavy (non-hydrogen) atoms. The van der Waals surface area contributed by atoms with Crippen LogP contribution in [-0.4, -0.2) is 20.0 Å². The van der Waals surface area contributed by atoms with Crippen LogP contribution in [-0.2, 0) is 9.84 Å². The van der Waals surface area contributed by atoms with Crippen molar-refractivity contribution in [2.45, 2.75) is 11.8 Å². The Balaban J connectivity index is 2.32. The average molecular weight is 310 g/mol. The van der Waals surface area contributed by atoms with Crippen molar-refractivity contribution < 1.29 is 22.0 Å². The van der Waals surface area contributed by atoms with Gasteiger partial charge in [-0.3, -0.25) is 4.79 Å². The second-order valence-corrected chi connectivity index (χ2v) is 6.61. The van der Waals surface area contributed by atoms with Crippen molar-refractivity contribution in [1.82, 2.24) is 0 Å². The van der Waals surface area contributed by atoms with E-state index in [1.165, 1.54) is 12.1 Å². The first-order chi connectivity index (χ1) is 9.79. The highest BCUT2D eigenvalue weighted by atomic mass is 32.2. The molecule has 0 aliphatic heterocycles. The number of benzene rings is 2. The number of Topliss-reactive ketones (excluding diaryl/α,β-unsaturated/α-hetero) is 1. The van der Waals surface area contributed by atoms with E-state index in [1.807, 2.05) is 0 Å². The van der Waals surface area contributed by atoms with Crippen molar-refractivity contribution in [2.24, 2.45) is 0 Å². The number of ketones is 1. The molecule has 0 atom stereocenters. The predicted molar refractivity (Wildman–Crippen MR) is 73.9 cm³/mol. The van der Waals surface area contributed by atoms with Crippen LogP contribution in [0.15, 0.2) is 47.4 Å². The maximum Gasteiger partial charge on any atom is 0.185 e. The van der Waals surface area contributed by atoms with E-state index in [0.717, 1.165) is 17.7 Å². The van der Waals surface area contributed by atoms with E-state index in [0.29, 0.717) is 6.07 Å². The summed E-state index contributed by atoms with van der Waals surface area (Å²) in [4.78, 5) is 11.9. The van der Waals surface area contributed by atoms with Gasteiger partial charge in [0, 0.05) is 0 Å². The van der Waals surface area contributed by atoms with Crippen molar-refractivity contribution in [3.05, 3.63) is 65.2 Å². The van der Waals surface area contributed by atoms with Crippen LogP contribution in [0, 0.1) is 18.6 Å². The van der Waals surface area contributed by atoms with E-state index in [4.69, 9.17) is 0 Å². The van der Waals surface area contributed by atoms with Gasteiger partial charge in [0.2, 0.25) is 0 Å². The van der Waals surface area contributed by atoms with E-state index in [1.54, 1.807) is 19.1 Å². The maximum atomic E-state index is 13.5. The molecule has 3 nitrogen and oxygen atoms in total. The van der Waals surface area contributed by atoms with Crippen LogP contribution in [0.4, 0.5) is 8.78 Å². The largest absolute Gasteiger partial charge is 0.293 e. The number of sulfone groups is 1. The summed E-state index contributed by atoms with van der Waals surface area (Å²) in [5, 5.41) is 0. The molecule has 0 aliphatic carbocycles.